The lowest BCUT2D eigenvalue weighted by molar-refractivity contribution is -0.129. The zero-order valence-corrected chi connectivity index (χ0v) is 12.8. The van der Waals surface area contributed by atoms with E-state index in [1.165, 1.54) is 11.3 Å². The van der Waals surface area contributed by atoms with Gasteiger partial charge in [-0.15, -0.1) is 11.3 Å². The fraction of sp³-hybridized carbons (Fsp3) is 0.615. The quantitative estimate of drug-likeness (QED) is 0.891. The molecule has 7 heteroatoms. The average molecular weight is 296 g/mol. The van der Waals surface area contributed by atoms with Crippen LogP contribution in [0.2, 0.25) is 0 Å². The highest BCUT2D eigenvalue weighted by molar-refractivity contribution is 7.15. The van der Waals surface area contributed by atoms with E-state index in [0.717, 1.165) is 11.3 Å². The molecule has 0 aromatic carbocycles. The van der Waals surface area contributed by atoms with Gasteiger partial charge in [-0.1, -0.05) is 20.8 Å². The summed E-state index contributed by atoms with van der Waals surface area (Å²) in [5, 5.41) is 6.17. The number of carbonyl (C=O) groups excluding carboxylic acids is 2. The molecule has 1 aromatic rings. The van der Waals surface area contributed by atoms with E-state index in [9.17, 15) is 9.59 Å². The predicted molar refractivity (Wildman–Crippen MR) is 78.9 cm³/mol. The van der Waals surface area contributed by atoms with Gasteiger partial charge in [0, 0.05) is 24.2 Å². The van der Waals surface area contributed by atoms with Gasteiger partial charge in [0.05, 0.1) is 0 Å². The predicted octanol–water partition coefficient (Wildman–Crippen LogP) is 1.69. The van der Waals surface area contributed by atoms with Crippen molar-refractivity contribution in [1.29, 1.82) is 0 Å². The molecule has 0 spiro atoms. The van der Waals surface area contributed by atoms with E-state index in [4.69, 9.17) is 0 Å². The molecule has 1 unspecified atom stereocenters. The molecule has 1 saturated heterocycles. The number of thiazole rings is 1. The van der Waals surface area contributed by atoms with Crippen LogP contribution in [0.4, 0.5) is 9.93 Å². The minimum atomic E-state index is -0.422. The van der Waals surface area contributed by atoms with Crippen LogP contribution in [0.25, 0.3) is 0 Å². The summed E-state index contributed by atoms with van der Waals surface area (Å²) in [5.74, 6) is -0.0154. The van der Waals surface area contributed by atoms with Crippen molar-refractivity contribution < 1.29 is 9.59 Å². The first-order chi connectivity index (χ1) is 9.52. The number of aryl methyl sites for hydroxylation is 1. The van der Waals surface area contributed by atoms with Gasteiger partial charge in [-0.3, -0.25) is 10.1 Å². The van der Waals surface area contributed by atoms with Crippen molar-refractivity contribution in [2.45, 2.75) is 33.2 Å². The Balaban J connectivity index is 2.08. The van der Waals surface area contributed by atoms with Crippen molar-refractivity contribution >= 4 is 28.4 Å². The Hall–Kier alpha value is -1.63. The number of piperazine rings is 1. The Kier molecular flexibility index (Phi) is 4.59. The van der Waals surface area contributed by atoms with Gasteiger partial charge in [0.25, 0.3) is 0 Å². The molecule has 110 valence electrons. The van der Waals surface area contributed by atoms with Gasteiger partial charge >= 0.3 is 6.03 Å². The Bertz CT molecular complexity index is 500. The number of anilines is 1. The maximum atomic E-state index is 12.3. The molecule has 1 atom stereocenters. The summed E-state index contributed by atoms with van der Waals surface area (Å²) in [5.41, 5.74) is 0. The molecule has 2 N–H and O–H groups in total. The first kappa shape index (κ1) is 14.8. The summed E-state index contributed by atoms with van der Waals surface area (Å²) in [6.45, 7) is 6.94. The number of carbonyl (C=O) groups is 2. The van der Waals surface area contributed by atoms with Crippen LogP contribution >= 0.6 is 11.3 Å². The lowest BCUT2D eigenvalue weighted by Gasteiger charge is -2.36. The second kappa shape index (κ2) is 6.21. The van der Waals surface area contributed by atoms with Gasteiger partial charge < -0.3 is 10.2 Å². The molecule has 20 heavy (non-hydrogen) atoms. The summed E-state index contributed by atoms with van der Waals surface area (Å²) in [6, 6.07) is -0.676. The lowest BCUT2D eigenvalue weighted by Crippen LogP contribution is -2.60. The highest BCUT2D eigenvalue weighted by atomic mass is 32.1. The summed E-state index contributed by atoms with van der Waals surface area (Å²) < 4.78 is 0. The van der Waals surface area contributed by atoms with Crippen LogP contribution in [0.3, 0.4) is 0 Å². The number of nitrogens with one attached hydrogen (secondary N) is 2. The second-order valence-corrected chi connectivity index (χ2v) is 6.20. The minimum Gasteiger partial charge on any atom is -0.353 e. The monoisotopic (exact) mass is 296 g/mol. The molecule has 0 bridgehead atoms. The number of urea groups is 1. The molecule has 6 nitrogen and oxygen atoms in total. The Morgan fingerprint density at radius 1 is 1.65 bits per heavy atom. The average Bonchev–Trinajstić information content (AvgIpc) is 2.85. The van der Waals surface area contributed by atoms with Crippen LogP contribution in [0, 0.1) is 5.92 Å². The summed E-state index contributed by atoms with van der Waals surface area (Å²) in [4.78, 5) is 31.1. The van der Waals surface area contributed by atoms with Gasteiger partial charge in [-0.05, 0) is 12.3 Å². The van der Waals surface area contributed by atoms with Crippen LogP contribution in [0.15, 0.2) is 6.20 Å². The molecular formula is C13H20N4O2S. The normalized spacial score (nSPS) is 19.1. The van der Waals surface area contributed by atoms with E-state index in [1.807, 2.05) is 20.8 Å². The van der Waals surface area contributed by atoms with Crippen LogP contribution in [-0.4, -0.2) is 41.0 Å². The Labute approximate surface area is 122 Å². The smallest absolute Gasteiger partial charge is 0.324 e. The molecule has 0 aliphatic carbocycles. The maximum absolute atomic E-state index is 12.3. The zero-order chi connectivity index (χ0) is 14.7. The van der Waals surface area contributed by atoms with Crippen LogP contribution < -0.4 is 10.6 Å². The fourth-order valence-electron chi connectivity index (χ4n) is 2.27. The molecular weight excluding hydrogens is 276 g/mol. The maximum Gasteiger partial charge on any atom is 0.324 e. The lowest BCUT2D eigenvalue weighted by atomic mass is 10.0. The standard InChI is InChI=1S/C13H20N4O2S/c1-4-9-7-15-12(20-9)16-13(19)17-6-5-14-11(18)10(17)8(2)3/h7-8,10H,4-6H2,1-3H3,(H,14,18)(H,15,16,19). The number of amides is 3. The molecule has 0 radical (unpaired) electrons. The van der Waals surface area contributed by atoms with Crippen LogP contribution in [0.1, 0.15) is 25.6 Å². The highest BCUT2D eigenvalue weighted by Gasteiger charge is 2.35. The Morgan fingerprint density at radius 3 is 3.00 bits per heavy atom. The number of aromatic nitrogens is 1. The largest absolute Gasteiger partial charge is 0.353 e. The number of nitrogens with zero attached hydrogens (tertiary/aromatic N) is 2. The number of hydrogen-bond donors (Lipinski definition) is 2. The zero-order valence-electron chi connectivity index (χ0n) is 12.0. The molecule has 1 fully saturated rings. The number of rotatable bonds is 3. The van der Waals surface area contributed by atoms with Crippen molar-refractivity contribution in [3.8, 4) is 0 Å². The minimum absolute atomic E-state index is 0.0727. The molecule has 2 heterocycles. The first-order valence-electron chi connectivity index (χ1n) is 6.83. The van der Waals surface area contributed by atoms with Crippen molar-refractivity contribution in [3.05, 3.63) is 11.1 Å². The summed E-state index contributed by atoms with van der Waals surface area (Å²) in [7, 11) is 0. The topological polar surface area (TPSA) is 74.3 Å². The van der Waals surface area contributed by atoms with Gasteiger partial charge in [-0.25, -0.2) is 9.78 Å². The van der Waals surface area contributed by atoms with Gasteiger partial charge in [0.2, 0.25) is 5.91 Å². The Morgan fingerprint density at radius 2 is 2.40 bits per heavy atom. The van der Waals surface area contributed by atoms with Crippen molar-refractivity contribution in [3.63, 3.8) is 0 Å². The third kappa shape index (κ3) is 3.09. The molecule has 2 rings (SSSR count). The van der Waals surface area contributed by atoms with Gasteiger partial charge in [0.15, 0.2) is 5.13 Å². The van der Waals surface area contributed by atoms with E-state index in [0.29, 0.717) is 18.2 Å². The number of hydrogen-bond acceptors (Lipinski definition) is 4. The van der Waals surface area contributed by atoms with Crippen molar-refractivity contribution in [2.24, 2.45) is 5.92 Å². The van der Waals surface area contributed by atoms with Crippen LogP contribution in [-0.2, 0) is 11.2 Å². The SMILES string of the molecule is CCc1cnc(NC(=O)N2CCNC(=O)C2C(C)C)s1. The van der Waals surface area contributed by atoms with E-state index in [-0.39, 0.29) is 17.9 Å². The van der Waals surface area contributed by atoms with Crippen molar-refractivity contribution in [2.75, 3.05) is 18.4 Å². The van der Waals surface area contributed by atoms with E-state index in [2.05, 4.69) is 15.6 Å². The molecule has 0 saturated carbocycles. The summed E-state index contributed by atoms with van der Waals surface area (Å²) >= 11 is 1.47. The molecule has 1 aliphatic rings. The van der Waals surface area contributed by atoms with E-state index >= 15 is 0 Å². The summed E-state index contributed by atoms with van der Waals surface area (Å²) in [6.07, 6.45) is 2.66. The third-order valence-electron chi connectivity index (χ3n) is 3.26. The van der Waals surface area contributed by atoms with E-state index in [1.54, 1.807) is 11.1 Å². The fourth-order valence-corrected chi connectivity index (χ4v) is 3.01. The van der Waals surface area contributed by atoms with Gasteiger partial charge in [-0.2, -0.15) is 0 Å². The first-order valence-corrected chi connectivity index (χ1v) is 7.64. The van der Waals surface area contributed by atoms with Crippen molar-refractivity contribution in [1.82, 2.24) is 15.2 Å². The van der Waals surface area contributed by atoms with Crippen LogP contribution in [0.5, 0.6) is 0 Å². The van der Waals surface area contributed by atoms with E-state index < -0.39 is 6.04 Å². The highest BCUT2D eigenvalue weighted by Crippen LogP contribution is 2.20. The molecule has 1 aromatic heterocycles. The van der Waals surface area contributed by atoms with Gasteiger partial charge in [0.1, 0.15) is 6.04 Å². The third-order valence-corrected chi connectivity index (χ3v) is 4.32. The second-order valence-electron chi connectivity index (χ2n) is 5.09. The molecule has 3 amide bonds. The molecule has 1 aliphatic heterocycles.